The molecule has 0 aliphatic heterocycles. The Kier molecular flexibility index (Phi) is 6.41. The predicted molar refractivity (Wildman–Crippen MR) is 117 cm³/mol. The van der Waals surface area contributed by atoms with Crippen LogP contribution in [0, 0.1) is 13.8 Å². The smallest absolute Gasteiger partial charge is 0.0393 e. The van der Waals surface area contributed by atoms with Gasteiger partial charge in [0.1, 0.15) is 0 Å². The fourth-order valence-electron chi connectivity index (χ4n) is 2.74. The van der Waals surface area contributed by atoms with Gasteiger partial charge in [0.05, 0.1) is 0 Å². The molecule has 2 N–H and O–H groups in total. The van der Waals surface area contributed by atoms with Crippen molar-refractivity contribution in [3.63, 3.8) is 0 Å². The molecule has 0 heterocycles. The van der Waals surface area contributed by atoms with E-state index in [4.69, 9.17) is 5.73 Å². The summed E-state index contributed by atoms with van der Waals surface area (Å²) in [5, 5.41) is 0. The Labute approximate surface area is 158 Å². The Balaban J connectivity index is 2.24. The summed E-state index contributed by atoms with van der Waals surface area (Å²) in [6.45, 7) is 14.9. The van der Waals surface area contributed by atoms with Gasteiger partial charge in [0.25, 0.3) is 0 Å². The van der Waals surface area contributed by atoms with Crippen LogP contribution in [0.15, 0.2) is 77.9 Å². The number of para-hydroxylation sites is 1. The van der Waals surface area contributed by atoms with Crippen LogP contribution in [-0.4, -0.2) is 0 Å². The van der Waals surface area contributed by atoms with Crippen molar-refractivity contribution in [1.29, 1.82) is 0 Å². The number of nitrogen functional groups attached to an aromatic ring is 1. The molecule has 0 aliphatic rings. The molecule has 0 saturated carbocycles. The average molecular weight is 344 g/mol. The highest BCUT2D eigenvalue weighted by molar-refractivity contribution is 5.83. The standard InChI is InChI=1S/C25H29N/c1-17(20(4)16-23-11-9-10-18(2)21(23)5)14-15-19(3)22(6)24-12-7-8-13-25(24)26/h7-16H,6,26H2,1-5H3/b17-14+,19-15+,20-16+. The first-order chi connectivity index (χ1) is 12.3. The van der Waals surface area contributed by atoms with E-state index in [2.05, 4.69) is 77.6 Å². The lowest BCUT2D eigenvalue weighted by Gasteiger charge is -2.09. The molecule has 1 heteroatoms. The summed E-state index contributed by atoms with van der Waals surface area (Å²) in [6.07, 6.45) is 6.52. The van der Waals surface area contributed by atoms with Gasteiger partial charge in [-0.2, -0.15) is 0 Å². The first kappa shape index (κ1) is 19.5. The van der Waals surface area contributed by atoms with Gasteiger partial charge in [0.2, 0.25) is 0 Å². The van der Waals surface area contributed by atoms with E-state index in [1.54, 1.807) is 0 Å². The summed E-state index contributed by atoms with van der Waals surface area (Å²) in [5.41, 5.74) is 16.3. The fourth-order valence-corrected chi connectivity index (χ4v) is 2.74. The van der Waals surface area contributed by atoms with Crippen LogP contribution in [0.2, 0.25) is 0 Å². The molecule has 0 fully saturated rings. The van der Waals surface area contributed by atoms with Gasteiger partial charge in [-0.1, -0.05) is 61.2 Å². The van der Waals surface area contributed by atoms with E-state index in [0.717, 1.165) is 22.4 Å². The van der Waals surface area contributed by atoms with Crippen LogP contribution < -0.4 is 5.73 Å². The van der Waals surface area contributed by atoms with Gasteiger partial charge >= 0.3 is 0 Å². The molecular weight excluding hydrogens is 314 g/mol. The number of hydrogen-bond donors (Lipinski definition) is 1. The molecule has 26 heavy (non-hydrogen) atoms. The van der Waals surface area contributed by atoms with Crippen LogP contribution >= 0.6 is 0 Å². The molecule has 0 amide bonds. The summed E-state index contributed by atoms with van der Waals surface area (Å²) < 4.78 is 0. The average Bonchev–Trinajstić information content (AvgIpc) is 2.63. The Morgan fingerprint density at radius 2 is 1.50 bits per heavy atom. The van der Waals surface area contributed by atoms with E-state index in [9.17, 15) is 0 Å². The van der Waals surface area contributed by atoms with Crippen molar-refractivity contribution >= 4 is 17.3 Å². The summed E-state index contributed by atoms with van der Waals surface area (Å²) >= 11 is 0. The monoisotopic (exact) mass is 343 g/mol. The zero-order valence-corrected chi connectivity index (χ0v) is 16.6. The van der Waals surface area contributed by atoms with Gasteiger partial charge < -0.3 is 5.73 Å². The number of anilines is 1. The van der Waals surface area contributed by atoms with Gasteiger partial charge in [-0.05, 0) is 79.7 Å². The highest BCUT2D eigenvalue weighted by Crippen LogP contribution is 2.26. The second-order valence-electron chi connectivity index (χ2n) is 6.88. The van der Waals surface area contributed by atoms with E-state index in [1.807, 2.05) is 24.3 Å². The van der Waals surface area contributed by atoms with Gasteiger partial charge in [0, 0.05) is 11.3 Å². The topological polar surface area (TPSA) is 26.0 Å². The Bertz CT molecular complexity index is 908. The van der Waals surface area contributed by atoms with Gasteiger partial charge in [-0.3, -0.25) is 0 Å². The van der Waals surface area contributed by atoms with Crippen molar-refractivity contribution in [3.8, 4) is 0 Å². The highest BCUT2D eigenvalue weighted by atomic mass is 14.6. The zero-order valence-electron chi connectivity index (χ0n) is 16.6. The van der Waals surface area contributed by atoms with Crippen molar-refractivity contribution in [2.45, 2.75) is 34.6 Å². The fraction of sp³-hybridized carbons (Fsp3) is 0.200. The van der Waals surface area contributed by atoms with Crippen molar-refractivity contribution in [1.82, 2.24) is 0 Å². The van der Waals surface area contributed by atoms with Crippen LogP contribution in [0.1, 0.15) is 43.0 Å². The number of benzene rings is 2. The number of aryl methyl sites for hydroxylation is 1. The Morgan fingerprint density at radius 3 is 2.19 bits per heavy atom. The number of nitrogens with two attached hydrogens (primary N) is 1. The number of hydrogen-bond acceptors (Lipinski definition) is 1. The minimum Gasteiger partial charge on any atom is -0.398 e. The largest absolute Gasteiger partial charge is 0.398 e. The van der Waals surface area contributed by atoms with E-state index in [0.29, 0.717) is 0 Å². The molecule has 2 aromatic carbocycles. The molecule has 0 aliphatic carbocycles. The third-order valence-corrected chi connectivity index (χ3v) is 4.99. The molecule has 1 nitrogen and oxygen atoms in total. The van der Waals surface area contributed by atoms with Crippen LogP contribution in [0.5, 0.6) is 0 Å². The van der Waals surface area contributed by atoms with Crippen molar-refractivity contribution < 1.29 is 0 Å². The quantitative estimate of drug-likeness (QED) is 0.464. The van der Waals surface area contributed by atoms with Crippen LogP contribution in [-0.2, 0) is 0 Å². The zero-order chi connectivity index (χ0) is 19.3. The summed E-state index contributed by atoms with van der Waals surface area (Å²) in [6, 6.07) is 14.3. The molecular formula is C25H29N. The SMILES string of the molecule is C=C(/C(C)=C/C=C(C)/C(C)=C/c1cccc(C)c1C)c1ccccc1N. The van der Waals surface area contributed by atoms with E-state index in [-0.39, 0.29) is 0 Å². The van der Waals surface area contributed by atoms with Crippen LogP contribution in [0.3, 0.4) is 0 Å². The molecule has 0 bridgehead atoms. The van der Waals surface area contributed by atoms with Crippen LogP contribution in [0.25, 0.3) is 11.6 Å². The number of allylic oxidation sites excluding steroid dienone is 6. The summed E-state index contributed by atoms with van der Waals surface area (Å²) in [4.78, 5) is 0. The minimum absolute atomic E-state index is 0.761. The maximum atomic E-state index is 6.06. The number of rotatable bonds is 5. The second kappa shape index (κ2) is 8.53. The lowest BCUT2D eigenvalue weighted by molar-refractivity contribution is 1.31. The van der Waals surface area contributed by atoms with E-state index in [1.165, 1.54) is 27.8 Å². The predicted octanol–water partition coefficient (Wildman–Crippen LogP) is 6.89. The maximum absolute atomic E-state index is 6.06. The lowest BCUT2D eigenvalue weighted by atomic mass is 9.97. The molecule has 0 atom stereocenters. The van der Waals surface area contributed by atoms with Gasteiger partial charge in [-0.15, -0.1) is 0 Å². The first-order valence-electron chi connectivity index (χ1n) is 8.95. The molecule has 0 unspecified atom stereocenters. The maximum Gasteiger partial charge on any atom is 0.0393 e. The summed E-state index contributed by atoms with van der Waals surface area (Å²) in [5.74, 6) is 0. The Morgan fingerprint density at radius 1 is 0.846 bits per heavy atom. The van der Waals surface area contributed by atoms with E-state index >= 15 is 0 Å². The third-order valence-electron chi connectivity index (χ3n) is 4.99. The highest BCUT2D eigenvalue weighted by Gasteiger charge is 2.04. The van der Waals surface area contributed by atoms with Gasteiger partial charge in [0.15, 0.2) is 0 Å². The van der Waals surface area contributed by atoms with Crippen LogP contribution in [0.4, 0.5) is 5.69 Å². The minimum atomic E-state index is 0.761. The molecule has 2 aromatic rings. The van der Waals surface area contributed by atoms with E-state index < -0.39 is 0 Å². The van der Waals surface area contributed by atoms with Crippen molar-refractivity contribution in [2.24, 2.45) is 0 Å². The van der Waals surface area contributed by atoms with Crippen molar-refractivity contribution in [3.05, 3.63) is 100 Å². The Hall–Kier alpha value is -2.80. The van der Waals surface area contributed by atoms with Crippen molar-refractivity contribution in [2.75, 3.05) is 5.73 Å². The molecule has 2 rings (SSSR count). The second-order valence-corrected chi connectivity index (χ2v) is 6.88. The third kappa shape index (κ3) is 4.64. The normalized spacial score (nSPS) is 13.0. The first-order valence-corrected chi connectivity index (χ1v) is 8.95. The molecule has 0 saturated heterocycles. The molecule has 0 aromatic heterocycles. The summed E-state index contributed by atoms with van der Waals surface area (Å²) in [7, 11) is 0. The molecule has 134 valence electrons. The molecule has 0 spiro atoms. The molecule has 0 radical (unpaired) electrons. The lowest BCUT2D eigenvalue weighted by Crippen LogP contribution is -1.93. The van der Waals surface area contributed by atoms with Gasteiger partial charge in [-0.25, -0.2) is 0 Å².